The van der Waals surface area contributed by atoms with Crippen LogP contribution in [-0.2, 0) is 14.3 Å². The second kappa shape index (κ2) is 5.89. The number of amides is 1. The van der Waals surface area contributed by atoms with Crippen LogP contribution in [0.5, 0.6) is 0 Å². The number of nitrogens with zero attached hydrogens (tertiary/aromatic N) is 1. The molecule has 0 aromatic heterocycles. The maximum absolute atomic E-state index is 11.9. The van der Waals surface area contributed by atoms with Crippen LogP contribution in [0.15, 0.2) is 11.3 Å². The van der Waals surface area contributed by atoms with E-state index in [4.69, 9.17) is 4.74 Å². The number of aliphatic hydroxyl groups excluding tert-OH is 1. The van der Waals surface area contributed by atoms with Gasteiger partial charge in [0.25, 0.3) is 5.91 Å². The van der Waals surface area contributed by atoms with Gasteiger partial charge in [0.05, 0.1) is 6.61 Å². The van der Waals surface area contributed by atoms with Gasteiger partial charge in [0, 0.05) is 19.0 Å². The van der Waals surface area contributed by atoms with Crippen molar-refractivity contribution in [2.24, 2.45) is 0 Å². The van der Waals surface area contributed by atoms with Gasteiger partial charge in [-0.2, -0.15) is 0 Å². The van der Waals surface area contributed by atoms with Crippen molar-refractivity contribution < 1.29 is 19.4 Å². The van der Waals surface area contributed by atoms with E-state index in [1.54, 1.807) is 11.8 Å². The quantitative estimate of drug-likeness (QED) is 0.438. The van der Waals surface area contributed by atoms with Crippen molar-refractivity contribution >= 4 is 41.4 Å². The summed E-state index contributed by atoms with van der Waals surface area (Å²) >= 11 is 0. The molecule has 1 heterocycles. The monoisotopic (exact) mass is 249 g/mol. The Balaban J connectivity index is 0.00000144. The molecule has 0 spiro atoms. The average Bonchev–Trinajstić information content (AvgIpc) is 3.02. The molecule has 1 saturated carbocycles. The summed E-state index contributed by atoms with van der Waals surface area (Å²) in [6.45, 7) is 2.37. The number of hydrogen-bond donors (Lipinski definition) is 1. The van der Waals surface area contributed by atoms with Gasteiger partial charge in [0.2, 0.25) is 0 Å². The van der Waals surface area contributed by atoms with E-state index in [9.17, 15) is 14.7 Å². The molecule has 2 aliphatic rings. The van der Waals surface area contributed by atoms with Gasteiger partial charge in [-0.25, -0.2) is 4.79 Å². The first-order valence-electron chi connectivity index (χ1n) is 5.55. The van der Waals surface area contributed by atoms with Crippen LogP contribution in [0.2, 0.25) is 0 Å². The number of carbonyl (C=O) groups is 2. The van der Waals surface area contributed by atoms with E-state index < -0.39 is 5.97 Å². The standard InChI is InChI=1S/C11H15NO4.Na.H/c1-2-16-11(15)9-8(13)5-6-12(10(9)14)7-3-4-7;;/h7,13H,2-6H2,1H3;;. The molecule has 6 heteroatoms. The van der Waals surface area contributed by atoms with Crippen molar-refractivity contribution in [1.29, 1.82) is 0 Å². The zero-order valence-electron chi connectivity index (χ0n) is 9.23. The van der Waals surface area contributed by atoms with E-state index >= 15 is 0 Å². The molecule has 1 amide bonds. The third kappa shape index (κ3) is 3.03. The summed E-state index contributed by atoms with van der Waals surface area (Å²) in [5.41, 5.74) is -0.181. The van der Waals surface area contributed by atoms with Gasteiger partial charge in [-0.05, 0) is 19.8 Å². The topological polar surface area (TPSA) is 66.8 Å². The third-order valence-corrected chi connectivity index (χ3v) is 2.82. The van der Waals surface area contributed by atoms with Gasteiger partial charge in [-0.1, -0.05) is 0 Å². The number of ether oxygens (including phenoxy) is 1. The molecule has 90 valence electrons. The predicted octanol–water partition coefficient (Wildman–Crippen LogP) is 0.108. The summed E-state index contributed by atoms with van der Waals surface area (Å²) in [6.07, 6.45) is 2.32. The Morgan fingerprint density at radius 1 is 1.53 bits per heavy atom. The van der Waals surface area contributed by atoms with Crippen LogP contribution in [0.25, 0.3) is 0 Å². The molecule has 2 rings (SSSR count). The first-order chi connectivity index (χ1) is 7.65. The Labute approximate surface area is 122 Å². The van der Waals surface area contributed by atoms with Crippen molar-refractivity contribution in [3.05, 3.63) is 11.3 Å². The van der Waals surface area contributed by atoms with Crippen LogP contribution < -0.4 is 0 Å². The number of carbonyl (C=O) groups excluding carboxylic acids is 2. The molecule has 0 saturated heterocycles. The van der Waals surface area contributed by atoms with Crippen molar-refractivity contribution in [1.82, 2.24) is 4.90 Å². The summed E-state index contributed by atoms with van der Waals surface area (Å²) in [5.74, 6) is -1.24. The molecule has 5 nitrogen and oxygen atoms in total. The van der Waals surface area contributed by atoms with E-state index in [0.29, 0.717) is 13.0 Å². The summed E-state index contributed by atoms with van der Waals surface area (Å²) in [4.78, 5) is 25.1. The summed E-state index contributed by atoms with van der Waals surface area (Å²) in [6, 6.07) is 0.255. The number of aliphatic hydroxyl groups is 1. The minimum absolute atomic E-state index is 0. The molecule has 0 aromatic rings. The first-order valence-corrected chi connectivity index (χ1v) is 5.55. The van der Waals surface area contributed by atoms with Gasteiger partial charge >= 0.3 is 35.5 Å². The Hall–Kier alpha value is -0.520. The Morgan fingerprint density at radius 2 is 2.18 bits per heavy atom. The fourth-order valence-electron chi connectivity index (χ4n) is 1.86. The normalized spacial score (nSPS) is 20.1. The Morgan fingerprint density at radius 3 is 2.71 bits per heavy atom. The van der Waals surface area contributed by atoms with Gasteiger partial charge in [0.15, 0.2) is 5.57 Å². The summed E-state index contributed by atoms with van der Waals surface area (Å²) in [5, 5.41) is 9.59. The Bertz CT molecular complexity index is 362. The van der Waals surface area contributed by atoms with Crippen LogP contribution in [0.3, 0.4) is 0 Å². The molecule has 1 fully saturated rings. The molecule has 0 bridgehead atoms. The van der Waals surface area contributed by atoms with Gasteiger partial charge < -0.3 is 14.7 Å². The second-order valence-electron chi connectivity index (χ2n) is 4.02. The summed E-state index contributed by atoms with van der Waals surface area (Å²) < 4.78 is 4.77. The van der Waals surface area contributed by atoms with E-state index in [0.717, 1.165) is 12.8 Å². The van der Waals surface area contributed by atoms with Gasteiger partial charge in [-0.15, -0.1) is 0 Å². The predicted molar refractivity (Wildman–Crippen MR) is 62.8 cm³/mol. The van der Waals surface area contributed by atoms with Crippen molar-refractivity contribution in [2.75, 3.05) is 13.2 Å². The van der Waals surface area contributed by atoms with Gasteiger partial charge in [-0.3, -0.25) is 4.79 Å². The molecule has 0 unspecified atom stereocenters. The van der Waals surface area contributed by atoms with Crippen molar-refractivity contribution in [2.45, 2.75) is 32.2 Å². The molecule has 1 aliphatic carbocycles. The number of hydrogen-bond acceptors (Lipinski definition) is 4. The molecular formula is C11H16NNaO4. The van der Waals surface area contributed by atoms with Crippen LogP contribution in [0.4, 0.5) is 0 Å². The van der Waals surface area contributed by atoms with Crippen molar-refractivity contribution in [3.63, 3.8) is 0 Å². The van der Waals surface area contributed by atoms with Crippen LogP contribution in [0, 0.1) is 0 Å². The fraction of sp³-hybridized carbons (Fsp3) is 0.636. The molecule has 1 aliphatic heterocycles. The van der Waals surface area contributed by atoms with Crippen LogP contribution >= 0.6 is 0 Å². The fourth-order valence-corrected chi connectivity index (χ4v) is 1.86. The summed E-state index contributed by atoms with van der Waals surface area (Å²) in [7, 11) is 0. The average molecular weight is 249 g/mol. The van der Waals surface area contributed by atoms with E-state index in [1.165, 1.54) is 0 Å². The molecule has 0 aromatic carbocycles. The second-order valence-corrected chi connectivity index (χ2v) is 4.02. The molecular weight excluding hydrogens is 233 g/mol. The maximum atomic E-state index is 11.9. The number of rotatable bonds is 3. The van der Waals surface area contributed by atoms with E-state index in [-0.39, 0.29) is 59.4 Å². The van der Waals surface area contributed by atoms with Crippen LogP contribution in [-0.4, -0.2) is 70.6 Å². The molecule has 17 heavy (non-hydrogen) atoms. The Kier molecular flexibility index (Phi) is 5.04. The molecule has 1 N–H and O–H groups in total. The molecule has 0 atom stereocenters. The third-order valence-electron chi connectivity index (χ3n) is 2.82. The number of esters is 1. The van der Waals surface area contributed by atoms with Gasteiger partial charge in [0.1, 0.15) is 5.76 Å². The van der Waals surface area contributed by atoms with Crippen molar-refractivity contribution in [3.8, 4) is 0 Å². The van der Waals surface area contributed by atoms with Crippen LogP contribution in [0.1, 0.15) is 26.2 Å². The first kappa shape index (κ1) is 14.5. The minimum atomic E-state index is -0.713. The zero-order chi connectivity index (χ0) is 11.7. The SMILES string of the molecule is CCOC(=O)C1=C(O)CCN(C2CC2)C1=O.[NaH]. The van der Waals surface area contributed by atoms with E-state index in [2.05, 4.69) is 0 Å². The molecule has 0 radical (unpaired) electrons. The van der Waals surface area contributed by atoms with E-state index in [1.807, 2.05) is 0 Å². The zero-order valence-corrected chi connectivity index (χ0v) is 9.23.